The van der Waals surface area contributed by atoms with Crippen molar-refractivity contribution in [2.45, 2.75) is 18.4 Å². The van der Waals surface area contributed by atoms with Crippen molar-refractivity contribution < 1.29 is 9.59 Å². The smallest absolute Gasteiger partial charge is 0.279 e. The second-order valence-electron chi connectivity index (χ2n) is 6.64. The fourth-order valence-corrected chi connectivity index (χ4v) is 3.77. The van der Waals surface area contributed by atoms with Crippen molar-refractivity contribution in [3.63, 3.8) is 0 Å². The molecular weight excluding hydrogens is 370 g/mol. The van der Waals surface area contributed by atoms with Gasteiger partial charge >= 0.3 is 0 Å². The minimum absolute atomic E-state index is 0.0574. The summed E-state index contributed by atoms with van der Waals surface area (Å²) < 4.78 is 1.94. The molecule has 2 heterocycles. The lowest BCUT2D eigenvalue weighted by atomic mass is 10.1. The van der Waals surface area contributed by atoms with E-state index in [1.165, 1.54) is 17.3 Å². The molecule has 0 saturated carbocycles. The largest absolute Gasteiger partial charge is 0.328 e. The zero-order valence-corrected chi connectivity index (χ0v) is 16.2. The highest BCUT2D eigenvalue weighted by Gasteiger charge is 2.17. The van der Waals surface area contributed by atoms with Gasteiger partial charge in [-0.1, -0.05) is 35.9 Å². The van der Waals surface area contributed by atoms with Gasteiger partial charge in [-0.25, -0.2) is 0 Å². The topological polar surface area (TPSA) is 63.5 Å². The van der Waals surface area contributed by atoms with Crippen LogP contribution in [0.5, 0.6) is 0 Å². The van der Waals surface area contributed by atoms with Crippen LogP contribution in [0.4, 0.5) is 5.69 Å². The predicted octanol–water partition coefficient (Wildman–Crippen LogP) is 3.63. The molecule has 2 amide bonds. The Labute approximate surface area is 167 Å². The Balaban J connectivity index is 1.64. The summed E-state index contributed by atoms with van der Waals surface area (Å²) in [4.78, 5) is 29.6. The van der Waals surface area contributed by atoms with Gasteiger partial charge in [-0.3, -0.25) is 9.59 Å². The Bertz CT molecular complexity index is 1120. The number of pyridine rings is 1. The third-order valence-corrected chi connectivity index (χ3v) is 5.54. The molecule has 1 aliphatic heterocycles. The molecule has 0 saturated heterocycles. The molecule has 4 rings (SSSR count). The molecule has 1 aromatic heterocycles. The molecule has 6 heteroatoms. The van der Waals surface area contributed by atoms with E-state index < -0.39 is 0 Å². The minimum Gasteiger partial charge on any atom is -0.328 e. The zero-order chi connectivity index (χ0) is 19.5. The molecule has 28 heavy (non-hydrogen) atoms. The van der Waals surface area contributed by atoms with Crippen molar-refractivity contribution in [3.8, 4) is 0 Å². The maximum absolute atomic E-state index is 12.7. The van der Waals surface area contributed by atoms with E-state index in [1.54, 1.807) is 12.1 Å². The van der Waals surface area contributed by atoms with Crippen LogP contribution in [-0.2, 0) is 11.3 Å². The molecule has 0 bridgehead atoms. The molecule has 0 aliphatic carbocycles. The summed E-state index contributed by atoms with van der Waals surface area (Å²) in [5, 5.41) is 2.81. The number of aryl methyl sites for hydroxylation is 1. The van der Waals surface area contributed by atoms with Gasteiger partial charge in [-0.2, -0.15) is 4.99 Å². The van der Waals surface area contributed by atoms with Crippen LogP contribution in [0.2, 0.25) is 0 Å². The molecule has 0 unspecified atom stereocenters. The predicted molar refractivity (Wildman–Crippen MR) is 110 cm³/mol. The lowest BCUT2D eigenvalue weighted by Crippen LogP contribution is -2.22. The van der Waals surface area contributed by atoms with E-state index in [1.807, 2.05) is 35.0 Å². The van der Waals surface area contributed by atoms with Crippen LogP contribution in [0.15, 0.2) is 76.7 Å². The van der Waals surface area contributed by atoms with Gasteiger partial charge in [0.05, 0.1) is 11.4 Å². The molecule has 3 aromatic rings. The number of amides is 2. The Morgan fingerprint density at radius 1 is 1.14 bits per heavy atom. The molecule has 0 atom stereocenters. The van der Waals surface area contributed by atoms with Gasteiger partial charge in [-0.15, -0.1) is 11.8 Å². The highest BCUT2D eigenvalue weighted by molar-refractivity contribution is 8.00. The number of carbonyl (C=O) groups is 2. The van der Waals surface area contributed by atoms with Crippen LogP contribution in [0.3, 0.4) is 0 Å². The fraction of sp³-hybridized carbons (Fsp3) is 0.136. The summed E-state index contributed by atoms with van der Waals surface area (Å²) >= 11 is 1.47. The molecule has 1 aliphatic rings. The van der Waals surface area contributed by atoms with Gasteiger partial charge in [0.2, 0.25) is 5.91 Å². The van der Waals surface area contributed by atoms with E-state index in [2.05, 4.69) is 41.5 Å². The summed E-state index contributed by atoms with van der Waals surface area (Å²) in [6, 6.07) is 19.2. The number of hydrogen-bond donors (Lipinski definition) is 1. The Kier molecular flexibility index (Phi) is 5.12. The van der Waals surface area contributed by atoms with Crippen LogP contribution in [0.1, 0.15) is 21.5 Å². The van der Waals surface area contributed by atoms with E-state index in [-0.39, 0.29) is 11.8 Å². The Morgan fingerprint density at radius 2 is 1.96 bits per heavy atom. The van der Waals surface area contributed by atoms with Crippen LogP contribution < -0.4 is 10.8 Å². The average molecular weight is 389 g/mol. The molecule has 2 aromatic carbocycles. The second kappa shape index (κ2) is 7.86. The summed E-state index contributed by atoms with van der Waals surface area (Å²) in [5.74, 6) is 0.00255. The first-order valence-corrected chi connectivity index (χ1v) is 9.94. The summed E-state index contributed by atoms with van der Waals surface area (Å²) in [7, 11) is 0. The number of anilines is 1. The average Bonchev–Trinajstić information content (AvgIpc) is 2.70. The van der Waals surface area contributed by atoms with Crippen molar-refractivity contribution in [1.82, 2.24) is 4.57 Å². The molecule has 1 N–H and O–H groups in total. The van der Waals surface area contributed by atoms with Crippen molar-refractivity contribution in [3.05, 3.63) is 89.0 Å². The van der Waals surface area contributed by atoms with Crippen molar-refractivity contribution >= 4 is 29.3 Å². The SMILES string of the molecule is Cc1ccc(Cn2ccccc2=NC(=O)c2ccc3c(c2)NC(=O)CS3)cc1. The number of nitrogens with one attached hydrogen (secondary N) is 1. The monoisotopic (exact) mass is 389 g/mol. The van der Waals surface area contributed by atoms with Gasteiger partial charge in [0.1, 0.15) is 5.49 Å². The lowest BCUT2D eigenvalue weighted by Gasteiger charge is -2.16. The van der Waals surface area contributed by atoms with Gasteiger partial charge < -0.3 is 9.88 Å². The second-order valence-corrected chi connectivity index (χ2v) is 7.65. The van der Waals surface area contributed by atoms with E-state index in [0.29, 0.717) is 29.0 Å². The van der Waals surface area contributed by atoms with Crippen molar-refractivity contribution in [2.75, 3.05) is 11.1 Å². The first kappa shape index (κ1) is 18.3. The third-order valence-electron chi connectivity index (χ3n) is 4.47. The Hall–Kier alpha value is -3.12. The molecule has 5 nitrogen and oxygen atoms in total. The number of fused-ring (bicyclic) bond motifs is 1. The fourth-order valence-electron chi connectivity index (χ4n) is 2.98. The van der Waals surface area contributed by atoms with Crippen LogP contribution in [0.25, 0.3) is 0 Å². The van der Waals surface area contributed by atoms with Crippen LogP contribution in [0, 0.1) is 6.92 Å². The standard InChI is InChI=1S/C22H19N3O2S/c1-15-5-7-16(8-6-15)13-25-11-3-2-4-20(25)24-22(27)17-9-10-19-18(12-17)23-21(26)14-28-19/h2-12H,13-14H2,1H3,(H,23,26). The third kappa shape index (κ3) is 4.07. The number of thioether (sulfide) groups is 1. The highest BCUT2D eigenvalue weighted by Crippen LogP contribution is 2.32. The van der Waals surface area contributed by atoms with Gasteiger partial charge in [-0.05, 0) is 42.8 Å². The van der Waals surface area contributed by atoms with Gasteiger partial charge in [0, 0.05) is 23.2 Å². The molecule has 0 fully saturated rings. The van der Waals surface area contributed by atoms with E-state index in [4.69, 9.17) is 0 Å². The molecular formula is C22H19N3O2S. The lowest BCUT2D eigenvalue weighted by molar-refractivity contribution is -0.113. The van der Waals surface area contributed by atoms with E-state index in [9.17, 15) is 9.59 Å². The maximum Gasteiger partial charge on any atom is 0.279 e. The number of rotatable bonds is 3. The number of benzene rings is 2. The van der Waals surface area contributed by atoms with Gasteiger partial charge in [0.15, 0.2) is 0 Å². The van der Waals surface area contributed by atoms with E-state index in [0.717, 1.165) is 10.5 Å². The maximum atomic E-state index is 12.7. The summed E-state index contributed by atoms with van der Waals surface area (Å²) in [5.41, 5.74) is 4.05. The first-order valence-electron chi connectivity index (χ1n) is 8.95. The minimum atomic E-state index is -0.337. The number of carbonyl (C=O) groups excluding carboxylic acids is 2. The van der Waals surface area contributed by atoms with E-state index >= 15 is 0 Å². The number of hydrogen-bond acceptors (Lipinski definition) is 3. The van der Waals surface area contributed by atoms with Crippen molar-refractivity contribution in [2.24, 2.45) is 4.99 Å². The zero-order valence-electron chi connectivity index (χ0n) is 15.4. The quantitative estimate of drug-likeness (QED) is 0.744. The van der Waals surface area contributed by atoms with Crippen LogP contribution in [-0.4, -0.2) is 22.1 Å². The number of nitrogens with zero attached hydrogens (tertiary/aromatic N) is 2. The highest BCUT2D eigenvalue weighted by atomic mass is 32.2. The summed E-state index contributed by atoms with van der Waals surface area (Å²) in [6.45, 7) is 2.68. The summed E-state index contributed by atoms with van der Waals surface area (Å²) in [6.07, 6.45) is 1.91. The molecule has 0 spiro atoms. The Morgan fingerprint density at radius 3 is 2.79 bits per heavy atom. The molecule has 0 radical (unpaired) electrons. The number of aromatic nitrogens is 1. The first-order chi connectivity index (χ1) is 13.6. The van der Waals surface area contributed by atoms with Gasteiger partial charge in [0.25, 0.3) is 5.91 Å². The normalized spacial score (nSPS) is 13.8. The molecule has 140 valence electrons. The van der Waals surface area contributed by atoms with Crippen LogP contribution >= 0.6 is 11.8 Å². The van der Waals surface area contributed by atoms with Crippen molar-refractivity contribution in [1.29, 1.82) is 0 Å².